The molecule has 0 radical (unpaired) electrons. The lowest BCUT2D eigenvalue weighted by molar-refractivity contribution is -0.179. The minimum Gasteiger partial charge on any atom is -0.458 e. The topological polar surface area (TPSA) is 78.9 Å². The summed E-state index contributed by atoms with van der Waals surface area (Å²) in [5.41, 5.74) is 0.432. The first kappa shape index (κ1) is 22.1. The molecule has 0 saturated heterocycles. The highest BCUT2D eigenvalue weighted by Gasteiger charge is 2.31. The zero-order chi connectivity index (χ0) is 22.1. The number of hydrogen-bond acceptors (Lipinski definition) is 6. The average Bonchev–Trinajstić information content (AvgIpc) is 2.82. The first-order chi connectivity index (χ1) is 15.0. The number of rotatable bonds is 7. The normalized spacial score (nSPS) is 12.3. The number of esters is 3. The van der Waals surface area contributed by atoms with Crippen molar-refractivity contribution in [3.8, 4) is 0 Å². The summed E-state index contributed by atoms with van der Waals surface area (Å²) in [7, 11) is 0. The standard InChI is InChI=1S/C24H19ClO6/c25-21(19-14-8-3-9-15-19)31-24(28)23(27)30-20(18-12-6-2-7-13-18)22(26)29-16-17-10-4-1-5-11-17/h1-15,20-21H,16H2. The van der Waals surface area contributed by atoms with Gasteiger partial charge in [0.2, 0.25) is 11.7 Å². The Labute approximate surface area is 184 Å². The van der Waals surface area contributed by atoms with Crippen LogP contribution in [-0.2, 0) is 35.2 Å². The van der Waals surface area contributed by atoms with Crippen LogP contribution in [0, 0.1) is 0 Å². The smallest absolute Gasteiger partial charge is 0.419 e. The van der Waals surface area contributed by atoms with Gasteiger partial charge in [0.05, 0.1) is 0 Å². The highest BCUT2D eigenvalue weighted by atomic mass is 35.5. The van der Waals surface area contributed by atoms with Crippen LogP contribution >= 0.6 is 11.6 Å². The van der Waals surface area contributed by atoms with Gasteiger partial charge in [-0.1, -0.05) is 103 Å². The Morgan fingerprint density at radius 3 is 1.74 bits per heavy atom. The van der Waals surface area contributed by atoms with E-state index < -0.39 is 29.6 Å². The lowest BCUT2D eigenvalue weighted by Crippen LogP contribution is -2.27. The predicted octanol–water partition coefficient (Wildman–Crippen LogP) is 4.50. The van der Waals surface area contributed by atoms with E-state index in [1.807, 2.05) is 18.2 Å². The van der Waals surface area contributed by atoms with Crippen LogP contribution in [0.4, 0.5) is 0 Å². The third kappa shape index (κ3) is 6.42. The molecule has 0 aliphatic rings. The number of alkyl halides is 1. The van der Waals surface area contributed by atoms with Crippen LogP contribution in [0.1, 0.15) is 28.4 Å². The first-order valence-electron chi connectivity index (χ1n) is 9.40. The highest BCUT2D eigenvalue weighted by Crippen LogP contribution is 2.24. The van der Waals surface area contributed by atoms with Crippen LogP contribution in [0.3, 0.4) is 0 Å². The SMILES string of the molecule is O=C(OC(Cl)c1ccccc1)C(=O)OC(C(=O)OCc1ccccc1)c1ccccc1. The van der Waals surface area contributed by atoms with Crippen molar-refractivity contribution in [3.63, 3.8) is 0 Å². The van der Waals surface area contributed by atoms with Gasteiger partial charge < -0.3 is 14.2 Å². The number of halogens is 1. The van der Waals surface area contributed by atoms with E-state index in [1.165, 1.54) is 0 Å². The predicted molar refractivity (Wildman–Crippen MR) is 113 cm³/mol. The largest absolute Gasteiger partial charge is 0.458 e. The quantitative estimate of drug-likeness (QED) is 0.234. The number of carbonyl (C=O) groups is 3. The monoisotopic (exact) mass is 438 g/mol. The third-order valence-corrected chi connectivity index (χ3v) is 4.55. The van der Waals surface area contributed by atoms with Crippen LogP contribution in [0.2, 0.25) is 0 Å². The van der Waals surface area contributed by atoms with Gasteiger partial charge in [-0.2, -0.15) is 0 Å². The van der Waals surface area contributed by atoms with E-state index in [1.54, 1.807) is 72.8 Å². The summed E-state index contributed by atoms with van der Waals surface area (Å²) in [5.74, 6) is -3.49. The highest BCUT2D eigenvalue weighted by molar-refractivity contribution is 6.31. The maximum atomic E-state index is 12.6. The second-order valence-corrected chi connectivity index (χ2v) is 6.82. The van der Waals surface area contributed by atoms with Gasteiger partial charge in [-0.15, -0.1) is 0 Å². The fourth-order valence-corrected chi connectivity index (χ4v) is 2.88. The van der Waals surface area contributed by atoms with Gasteiger partial charge in [0, 0.05) is 11.1 Å². The molecule has 2 unspecified atom stereocenters. The average molecular weight is 439 g/mol. The Kier molecular flexibility index (Phi) is 7.79. The maximum Gasteiger partial charge on any atom is 0.419 e. The fourth-order valence-electron chi connectivity index (χ4n) is 2.65. The van der Waals surface area contributed by atoms with Crippen LogP contribution < -0.4 is 0 Å². The lowest BCUT2D eigenvalue weighted by Gasteiger charge is -2.17. The van der Waals surface area contributed by atoms with E-state index in [0.717, 1.165) is 5.56 Å². The van der Waals surface area contributed by atoms with Crippen molar-refractivity contribution in [3.05, 3.63) is 108 Å². The Balaban J connectivity index is 1.67. The lowest BCUT2D eigenvalue weighted by atomic mass is 10.1. The molecule has 31 heavy (non-hydrogen) atoms. The Hall–Kier alpha value is -3.64. The molecular formula is C24H19ClO6. The molecule has 0 aromatic heterocycles. The van der Waals surface area contributed by atoms with Crippen LogP contribution in [0.5, 0.6) is 0 Å². The fraction of sp³-hybridized carbons (Fsp3) is 0.125. The molecule has 6 nitrogen and oxygen atoms in total. The van der Waals surface area contributed by atoms with Gasteiger partial charge >= 0.3 is 17.9 Å². The van der Waals surface area contributed by atoms with E-state index in [4.69, 9.17) is 25.8 Å². The minimum atomic E-state index is -1.43. The number of ether oxygens (including phenoxy) is 3. The third-order valence-electron chi connectivity index (χ3n) is 4.20. The van der Waals surface area contributed by atoms with E-state index in [-0.39, 0.29) is 6.61 Å². The zero-order valence-electron chi connectivity index (χ0n) is 16.3. The molecule has 0 spiro atoms. The summed E-state index contributed by atoms with van der Waals surface area (Å²) in [5, 5.41) is 0. The van der Waals surface area contributed by atoms with Gasteiger partial charge in [0.15, 0.2) is 0 Å². The van der Waals surface area contributed by atoms with Gasteiger partial charge in [-0.05, 0) is 5.56 Å². The van der Waals surface area contributed by atoms with Gasteiger partial charge in [0.1, 0.15) is 6.61 Å². The van der Waals surface area contributed by atoms with E-state index >= 15 is 0 Å². The maximum absolute atomic E-state index is 12.6. The molecule has 0 saturated carbocycles. The summed E-state index contributed by atoms with van der Waals surface area (Å²) in [4.78, 5) is 37.1. The summed E-state index contributed by atoms with van der Waals surface area (Å²) in [6.45, 7) is -0.0111. The molecule has 7 heteroatoms. The summed E-state index contributed by atoms with van der Waals surface area (Å²) in [6, 6.07) is 25.8. The molecule has 0 fully saturated rings. The van der Waals surface area contributed by atoms with Crippen molar-refractivity contribution in [1.29, 1.82) is 0 Å². The summed E-state index contributed by atoms with van der Waals surface area (Å²) in [6.07, 6.45) is -1.43. The van der Waals surface area contributed by atoms with Crippen molar-refractivity contribution in [2.24, 2.45) is 0 Å². The van der Waals surface area contributed by atoms with Crippen molar-refractivity contribution < 1.29 is 28.6 Å². The first-order valence-corrected chi connectivity index (χ1v) is 9.84. The van der Waals surface area contributed by atoms with Gasteiger partial charge in [-0.3, -0.25) is 0 Å². The Morgan fingerprint density at radius 1 is 0.677 bits per heavy atom. The van der Waals surface area contributed by atoms with Crippen molar-refractivity contribution in [1.82, 2.24) is 0 Å². The molecule has 158 valence electrons. The van der Waals surface area contributed by atoms with Crippen molar-refractivity contribution in [2.75, 3.05) is 0 Å². The van der Waals surface area contributed by atoms with Gasteiger partial charge in [-0.25, -0.2) is 14.4 Å². The Bertz CT molecular complexity index is 1010. The van der Waals surface area contributed by atoms with E-state index in [0.29, 0.717) is 11.1 Å². The molecule has 0 amide bonds. The second-order valence-electron chi connectivity index (χ2n) is 6.42. The summed E-state index contributed by atoms with van der Waals surface area (Å²) >= 11 is 6.04. The molecular weight excluding hydrogens is 420 g/mol. The second kappa shape index (κ2) is 10.9. The minimum absolute atomic E-state index is 0.0111. The molecule has 3 aromatic carbocycles. The Morgan fingerprint density at radius 2 is 1.16 bits per heavy atom. The molecule has 0 aliphatic carbocycles. The van der Waals surface area contributed by atoms with Crippen LogP contribution in [-0.4, -0.2) is 17.9 Å². The summed E-state index contributed by atoms with van der Waals surface area (Å²) < 4.78 is 15.4. The van der Waals surface area contributed by atoms with Crippen molar-refractivity contribution >= 4 is 29.5 Å². The molecule has 3 aromatic rings. The molecule has 0 N–H and O–H groups in total. The molecule has 0 bridgehead atoms. The zero-order valence-corrected chi connectivity index (χ0v) is 17.1. The van der Waals surface area contributed by atoms with E-state index in [2.05, 4.69) is 0 Å². The van der Waals surface area contributed by atoms with Crippen LogP contribution in [0.25, 0.3) is 0 Å². The molecule has 0 aliphatic heterocycles. The number of hydrogen-bond donors (Lipinski definition) is 0. The molecule has 0 heterocycles. The molecule has 3 rings (SSSR count). The van der Waals surface area contributed by atoms with E-state index in [9.17, 15) is 14.4 Å². The van der Waals surface area contributed by atoms with Crippen LogP contribution in [0.15, 0.2) is 91.0 Å². The van der Waals surface area contributed by atoms with Crippen molar-refractivity contribution in [2.45, 2.75) is 18.3 Å². The number of benzene rings is 3. The van der Waals surface area contributed by atoms with Gasteiger partial charge in [0.25, 0.3) is 0 Å². The number of carbonyl (C=O) groups excluding carboxylic acids is 3. The molecule has 2 atom stereocenters.